The van der Waals surface area contributed by atoms with Crippen LogP contribution < -0.4 is 0 Å². The van der Waals surface area contributed by atoms with Gasteiger partial charge in [-0.05, 0) is 28.0 Å². The Bertz CT molecular complexity index is 482. The summed E-state index contributed by atoms with van der Waals surface area (Å²) < 4.78 is 30.2. The Kier molecular flexibility index (Phi) is 0.638. The van der Waals surface area contributed by atoms with Crippen molar-refractivity contribution < 1.29 is 5.48 Å². The fourth-order valence-corrected chi connectivity index (χ4v) is 1.09. The maximum absolute atomic E-state index is 7.60. The molecule has 10 heavy (non-hydrogen) atoms. The van der Waals surface area contributed by atoms with Gasteiger partial charge in [-0.2, -0.15) is 0 Å². The highest BCUT2D eigenvalue weighted by Crippen LogP contribution is 2.26. The van der Waals surface area contributed by atoms with Gasteiger partial charge in [0.1, 0.15) is 5.82 Å². The summed E-state index contributed by atoms with van der Waals surface area (Å²) in [6.45, 7) is 0. The predicted octanol–water partition coefficient (Wildman–Crippen LogP) is 2.28. The Hall–Kier alpha value is -0.830. The molecule has 0 radical (unpaired) electrons. The van der Waals surface area contributed by atoms with Crippen LogP contribution in [0.3, 0.4) is 0 Å². The summed E-state index contributed by atoms with van der Waals surface area (Å²) in [5.74, 6) is 0.299. The second kappa shape index (κ2) is 2.09. The Morgan fingerprint density at radius 3 is 3.50 bits per heavy atom. The van der Waals surface area contributed by atoms with Gasteiger partial charge in [-0.3, -0.25) is 0 Å². The van der Waals surface area contributed by atoms with Crippen molar-refractivity contribution >= 4 is 15.9 Å². The monoisotopic (exact) mass is 200 g/mol. The molecule has 50 valence electrons. The highest BCUT2D eigenvalue weighted by Gasteiger charge is 2.06. The summed E-state index contributed by atoms with van der Waals surface area (Å²) in [6.07, 6.45) is -0.151. The number of pyridine rings is 1. The van der Waals surface area contributed by atoms with E-state index in [1.54, 1.807) is 0 Å². The molecule has 3 heteroatoms. The number of nitrogens with zero attached hydrogens (tertiary/aromatic N) is 1. The third-order valence-electron chi connectivity index (χ3n) is 1.15. The predicted molar refractivity (Wildman–Crippen MR) is 42.9 cm³/mol. The molecule has 2 nitrogen and oxygen atoms in total. The lowest BCUT2D eigenvalue weighted by molar-refractivity contribution is 1.23. The van der Waals surface area contributed by atoms with Crippen LogP contribution in [-0.4, -0.2) is 9.97 Å². The van der Waals surface area contributed by atoms with Crippen molar-refractivity contribution in [1.29, 1.82) is 0 Å². The quantitative estimate of drug-likeness (QED) is 0.695. The van der Waals surface area contributed by atoms with Gasteiger partial charge in [-0.25, -0.2) is 4.98 Å². The van der Waals surface area contributed by atoms with Crippen molar-refractivity contribution in [3.63, 3.8) is 0 Å². The summed E-state index contributed by atoms with van der Waals surface area (Å²) in [6, 6.07) is -0.271. The lowest BCUT2D eigenvalue weighted by Crippen LogP contribution is -1.79. The maximum Gasteiger partial charge on any atom is 0.138 e. The number of nitrogens with one attached hydrogen (secondary N) is 1. The van der Waals surface area contributed by atoms with Crippen LogP contribution in [0, 0.1) is 0 Å². The molecule has 2 heterocycles. The van der Waals surface area contributed by atoms with E-state index in [0.29, 0.717) is 15.9 Å². The largest absolute Gasteiger partial charge is 0.346 e. The minimum absolute atomic E-state index is 0.00903. The highest BCUT2D eigenvalue weighted by atomic mass is 79.9. The number of hydrogen-bond acceptors (Lipinski definition) is 1. The standard InChI is InChI=1S/C7H5BrN2/c8-6-4-10-7-5(6)2-1-3-9-7/h1-4H,(H,9,10)/i1D,2D,3D,4D. The van der Waals surface area contributed by atoms with Crippen molar-refractivity contribution in [2.24, 2.45) is 0 Å². The van der Waals surface area contributed by atoms with E-state index in [-0.39, 0.29) is 24.4 Å². The molecule has 2 aliphatic rings. The normalized spacial score (nSPS) is 16.1. The van der Waals surface area contributed by atoms with Gasteiger partial charge in [0.05, 0.1) is 5.48 Å². The van der Waals surface area contributed by atoms with E-state index < -0.39 is 0 Å². The van der Waals surface area contributed by atoms with Crippen LogP contribution in [0.4, 0.5) is 0 Å². The van der Waals surface area contributed by atoms with E-state index in [2.05, 4.69) is 25.9 Å². The van der Waals surface area contributed by atoms with Crippen LogP contribution in [0.25, 0.3) is 11.4 Å². The molecule has 0 bridgehead atoms. The number of aromatic nitrogens is 2. The number of aromatic amines is 1. The molecule has 0 aromatic rings. The van der Waals surface area contributed by atoms with Crippen LogP contribution in [0.5, 0.6) is 0 Å². The van der Waals surface area contributed by atoms with E-state index in [1.165, 1.54) is 0 Å². The van der Waals surface area contributed by atoms with E-state index >= 15 is 0 Å². The van der Waals surface area contributed by atoms with Gasteiger partial charge in [0, 0.05) is 22.4 Å². The van der Waals surface area contributed by atoms with Crippen molar-refractivity contribution in [2.75, 3.05) is 0 Å². The Morgan fingerprint density at radius 1 is 1.70 bits per heavy atom. The smallest absolute Gasteiger partial charge is 0.138 e. The topological polar surface area (TPSA) is 28.7 Å². The van der Waals surface area contributed by atoms with Crippen molar-refractivity contribution in [2.45, 2.75) is 0 Å². The van der Waals surface area contributed by atoms with Crippen LogP contribution in [-0.2, 0) is 0 Å². The molecule has 0 saturated carbocycles. The zero-order valence-electron chi connectivity index (χ0n) is 8.83. The van der Waals surface area contributed by atoms with Gasteiger partial charge >= 0.3 is 0 Å². The minimum Gasteiger partial charge on any atom is -0.346 e. The van der Waals surface area contributed by atoms with Gasteiger partial charge in [0.2, 0.25) is 0 Å². The third-order valence-corrected chi connectivity index (χ3v) is 1.73. The minimum atomic E-state index is -0.189. The first-order valence-electron chi connectivity index (χ1n) is 4.64. The first kappa shape index (κ1) is 3.05. The van der Waals surface area contributed by atoms with E-state index in [1.807, 2.05) is 0 Å². The molecule has 2 aliphatic heterocycles. The molecule has 0 fully saturated rings. The SMILES string of the molecule is [2H]c1nc2[nH]c([2H])c([2H])c([2H])c-2c1Br. The second-order valence-electron chi connectivity index (χ2n) is 1.76. The number of rotatable bonds is 0. The molecule has 0 aromatic carbocycles. The second-order valence-corrected chi connectivity index (χ2v) is 2.55. The van der Waals surface area contributed by atoms with Crippen LogP contribution in [0.2, 0.25) is 0 Å². The first-order chi connectivity index (χ1) is 6.52. The van der Waals surface area contributed by atoms with Crippen LogP contribution in [0.15, 0.2) is 28.9 Å². The number of halogens is 1. The molecule has 0 saturated heterocycles. The zero-order valence-corrected chi connectivity index (χ0v) is 6.41. The Balaban J connectivity index is 2.91. The molecule has 0 aliphatic carbocycles. The lowest BCUT2D eigenvalue weighted by Gasteiger charge is -1.94. The van der Waals surface area contributed by atoms with Gasteiger partial charge in [0.25, 0.3) is 0 Å². The highest BCUT2D eigenvalue weighted by molar-refractivity contribution is 9.10. The molecule has 0 atom stereocenters. The Labute approximate surface area is 72.4 Å². The summed E-state index contributed by atoms with van der Waals surface area (Å²) in [5, 5.41) is 0. The number of H-pyrrole nitrogens is 1. The molecule has 2 rings (SSSR count). The van der Waals surface area contributed by atoms with Gasteiger partial charge < -0.3 is 4.98 Å². The molecule has 0 amide bonds. The average Bonchev–Trinajstić information content (AvgIpc) is 2.39. The Morgan fingerprint density at radius 2 is 2.60 bits per heavy atom. The van der Waals surface area contributed by atoms with Gasteiger partial charge in [-0.15, -0.1) is 0 Å². The third kappa shape index (κ3) is 0.743. The number of fused-ring (bicyclic) bond motifs is 1. The molecule has 0 unspecified atom stereocenters. The van der Waals surface area contributed by atoms with Gasteiger partial charge in [-0.1, -0.05) is 0 Å². The zero-order chi connectivity index (χ0) is 10.5. The fraction of sp³-hybridized carbons (Fsp3) is 0. The number of hydrogen-bond donors (Lipinski definition) is 1. The van der Waals surface area contributed by atoms with Crippen molar-refractivity contribution in [1.82, 2.24) is 9.97 Å². The van der Waals surface area contributed by atoms with Crippen molar-refractivity contribution in [3.8, 4) is 11.4 Å². The van der Waals surface area contributed by atoms with Gasteiger partial charge in [0.15, 0.2) is 0 Å². The van der Waals surface area contributed by atoms with Crippen molar-refractivity contribution in [3.05, 3.63) is 28.9 Å². The summed E-state index contributed by atoms with van der Waals surface area (Å²) >= 11 is 3.13. The lowest BCUT2D eigenvalue weighted by atomic mass is 10.3. The summed E-state index contributed by atoms with van der Waals surface area (Å²) in [5.41, 5.74) is 0.385. The maximum atomic E-state index is 7.60. The summed E-state index contributed by atoms with van der Waals surface area (Å²) in [7, 11) is 0. The molecular formula is C7H5BrN2. The molecular weight excluding hydrogens is 192 g/mol. The average molecular weight is 201 g/mol. The molecule has 1 N–H and O–H groups in total. The van der Waals surface area contributed by atoms with E-state index in [4.69, 9.17) is 5.48 Å². The van der Waals surface area contributed by atoms with E-state index in [0.717, 1.165) is 0 Å². The molecule has 0 aromatic heterocycles. The molecule has 0 spiro atoms. The summed E-state index contributed by atoms with van der Waals surface area (Å²) in [4.78, 5) is 6.37. The first-order valence-corrected chi connectivity index (χ1v) is 3.43. The van der Waals surface area contributed by atoms with E-state index in [9.17, 15) is 0 Å². The fourth-order valence-electron chi connectivity index (χ4n) is 0.709. The van der Waals surface area contributed by atoms with Crippen LogP contribution in [0.1, 0.15) is 5.48 Å². The van der Waals surface area contributed by atoms with Crippen LogP contribution >= 0.6 is 15.9 Å².